The van der Waals surface area contributed by atoms with E-state index in [-0.39, 0.29) is 24.7 Å². The highest BCUT2D eigenvalue weighted by molar-refractivity contribution is 6.30. The zero-order valence-corrected chi connectivity index (χ0v) is 17.6. The van der Waals surface area contributed by atoms with Crippen molar-refractivity contribution in [3.05, 3.63) is 69.2 Å². The number of carbonyl (C=O) groups excluding carboxylic acids is 1. The van der Waals surface area contributed by atoms with Crippen LogP contribution in [0.1, 0.15) is 17.5 Å². The molecule has 0 fully saturated rings. The number of nitrogens with zero attached hydrogens (tertiary/aromatic N) is 3. The van der Waals surface area contributed by atoms with Gasteiger partial charge in [-0.1, -0.05) is 28.8 Å². The molecular weight excluding hydrogens is 434 g/mol. The third kappa shape index (κ3) is 3.63. The highest BCUT2D eigenvalue weighted by Gasteiger charge is 2.17. The highest BCUT2D eigenvalue weighted by Crippen LogP contribution is 2.35. The average Bonchev–Trinajstić information content (AvgIpc) is 3.42. The Bertz CT molecular complexity index is 1500. The van der Waals surface area contributed by atoms with E-state index in [1.165, 1.54) is 0 Å². The Labute approximate surface area is 185 Å². The molecule has 0 unspecified atom stereocenters. The predicted molar refractivity (Wildman–Crippen MR) is 119 cm³/mol. The number of tetrazole rings is 1. The summed E-state index contributed by atoms with van der Waals surface area (Å²) >= 11 is 6.01. The monoisotopic (exact) mass is 449 g/mol. The van der Waals surface area contributed by atoms with Gasteiger partial charge in [0.1, 0.15) is 11.2 Å². The van der Waals surface area contributed by atoms with Gasteiger partial charge < -0.3 is 8.83 Å². The van der Waals surface area contributed by atoms with Crippen LogP contribution >= 0.6 is 11.6 Å². The predicted octanol–water partition coefficient (Wildman–Crippen LogP) is 4.25. The van der Waals surface area contributed by atoms with Crippen LogP contribution in [0.3, 0.4) is 0 Å². The molecule has 5 aromatic rings. The number of aromatic amines is 1. The van der Waals surface area contributed by atoms with E-state index in [2.05, 4.69) is 25.9 Å². The molecule has 0 bridgehead atoms. The van der Waals surface area contributed by atoms with Crippen LogP contribution in [0, 0.1) is 6.92 Å². The van der Waals surface area contributed by atoms with Gasteiger partial charge in [-0.2, -0.15) is 5.21 Å². The summed E-state index contributed by atoms with van der Waals surface area (Å²) in [7, 11) is 0. The first kappa shape index (κ1) is 20.0. The molecule has 9 nitrogen and oxygen atoms in total. The molecule has 0 spiro atoms. The van der Waals surface area contributed by atoms with Crippen LogP contribution in [0.4, 0.5) is 5.95 Å². The van der Waals surface area contributed by atoms with Crippen LogP contribution in [0.2, 0.25) is 5.02 Å². The molecule has 2 N–H and O–H groups in total. The number of halogens is 1. The summed E-state index contributed by atoms with van der Waals surface area (Å²) in [6, 6.07) is 11.1. The number of benzene rings is 2. The summed E-state index contributed by atoms with van der Waals surface area (Å²) in [5, 5.41) is 17.8. The summed E-state index contributed by atoms with van der Waals surface area (Å²) in [4.78, 5) is 24.7. The van der Waals surface area contributed by atoms with E-state index in [1.807, 2.05) is 37.3 Å². The van der Waals surface area contributed by atoms with Crippen molar-refractivity contribution in [2.45, 2.75) is 19.8 Å². The fraction of sp³-hybridized carbons (Fsp3) is 0.136. The van der Waals surface area contributed by atoms with Crippen LogP contribution in [0.15, 0.2) is 56.3 Å². The van der Waals surface area contributed by atoms with Crippen molar-refractivity contribution in [3.63, 3.8) is 0 Å². The maximum Gasteiger partial charge on any atom is 0.339 e. The molecule has 0 atom stereocenters. The van der Waals surface area contributed by atoms with Crippen LogP contribution in [0.25, 0.3) is 33.1 Å². The zero-order valence-electron chi connectivity index (χ0n) is 16.8. The number of anilines is 1. The number of amides is 1. The molecule has 32 heavy (non-hydrogen) atoms. The number of hydrogen-bond donors (Lipinski definition) is 2. The SMILES string of the molecule is Cc1c(CCC(=O)Nc2nn[nH]n2)c(=O)oc2cc3occ(-c4ccc(Cl)cc4)c3cc12. The molecule has 160 valence electrons. The van der Waals surface area contributed by atoms with Crippen molar-refractivity contribution >= 4 is 45.4 Å². The molecule has 0 radical (unpaired) electrons. The average molecular weight is 450 g/mol. The lowest BCUT2D eigenvalue weighted by atomic mass is 9.99. The molecule has 0 saturated carbocycles. The summed E-state index contributed by atoms with van der Waals surface area (Å²) < 4.78 is 11.3. The smallest absolute Gasteiger partial charge is 0.339 e. The van der Waals surface area contributed by atoms with Gasteiger partial charge in [0, 0.05) is 39.4 Å². The molecule has 2 aromatic carbocycles. The molecule has 10 heteroatoms. The first-order valence-corrected chi connectivity index (χ1v) is 10.1. The number of furan rings is 1. The maximum atomic E-state index is 12.6. The largest absolute Gasteiger partial charge is 0.464 e. The standard InChI is InChI=1S/C22H16ClN5O4/c1-11-14(6-7-20(29)24-22-25-27-28-26-22)21(30)32-19-9-18-16(8-15(11)19)17(10-31-18)12-2-4-13(23)5-3-12/h2-5,8-10H,6-7H2,1H3,(H2,24,25,26,27,28,29). The number of aromatic nitrogens is 4. The number of aryl methyl sites for hydroxylation is 1. The third-order valence-corrected chi connectivity index (χ3v) is 5.59. The maximum absolute atomic E-state index is 12.6. The number of fused-ring (bicyclic) bond motifs is 2. The van der Waals surface area contributed by atoms with Gasteiger partial charge in [-0.15, -0.1) is 5.10 Å². The van der Waals surface area contributed by atoms with E-state index in [4.69, 9.17) is 20.4 Å². The van der Waals surface area contributed by atoms with Crippen molar-refractivity contribution < 1.29 is 13.6 Å². The van der Waals surface area contributed by atoms with Gasteiger partial charge in [-0.05, 0) is 47.9 Å². The molecule has 0 aliphatic carbocycles. The van der Waals surface area contributed by atoms with Gasteiger partial charge in [-0.25, -0.2) is 4.79 Å². The molecule has 3 aromatic heterocycles. The second-order valence-electron chi connectivity index (χ2n) is 7.28. The normalized spacial score (nSPS) is 11.3. The molecule has 5 rings (SSSR count). The molecule has 0 aliphatic heterocycles. The third-order valence-electron chi connectivity index (χ3n) is 5.34. The minimum absolute atomic E-state index is 0.0651. The van der Waals surface area contributed by atoms with Crippen LogP contribution in [-0.4, -0.2) is 26.5 Å². The van der Waals surface area contributed by atoms with E-state index in [9.17, 15) is 9.59 Å². The Kier molecular flexibility index (Phi) is 4.95. The Morgan fingerprint density at radius 3 is 2.72 bits per heavy atom. The number of hydrogen-bond acceptors (Lipinski definition) is 7. The van der Waals surface area contributed by atoms with E-state index in [0.717, 1.165) is 27.5 Å². The quantitative estimate of drug-likeness (QED) is 0.384. The molecule has 0 aliphatic rings. The first-order valence-electron chi connectivity index (χ1n) is 9.76. The summed E-state index contributed by atoms with van der Waals surface area (Å²) in [5.74, 6) is -0.255. The summed E-state index contributed by atoms with van der Waals surface area (Å²) in [6.45, 7) is 1.85. The molecule has 0 saturated heterocycles. The van der Waals surface area contributed by atoms with Gasteiger partial charge >= 0.3 is 5.63 Å². The van der Waals surface area contributed by atoms with Crippen molar-refractivity contribution in [2.75, 3.05) is 5.32 Å². The molecule has 3 heterocycles. The lowest BCUT2D eigenvalue weighted by Gasteiger charge is -2.08. The van der Waals surface area contributed by atoms with E-state index in [1.54, 1.807) is 12.3 Å². The van der Waals surface area contributed by atoms with Gasteiger partial charge in [0.05, 0.1) is 6.26 Å². The van der Waals surface area contributed by atoms with Gasteiger partial charge in [0.15, 0.2) is 0 Å². The number of carbonyl (C=O) groups is 1. The summed E-state index contributed by atoms with van der Waals surface area (Å²) in [6.07, 6.45) is 1.94. The Morgan fingerprint density at radius 1 is 1.16 bits per heavy atom. The number of nitrogens with one attached hydrogen (secondary N) is 2. The minimum atomic E-state index is -0.480. The van der Waals surface area contributed by atoms with Crippen molar-refractivity contribution in [1.82, 2.24) is 20.6 Å². The topological polar surface area (TPSA) is 127 Å². The van der Waals surface area contributed by atoms with E-state index < -0.39 is 5.63 Å². The van der Waals surface area contributed by atoms with E-state index >= 15 is 0 Å². The molecule has 1 amide bonds. The summed E-state index contributed by atoms with van der Waals surface area (Å²) in [5.41, 5.74) is 3.62. The van der Waals surface area contributed by atoms with Crippen LogP contribution < -0.4 is 10.9 Å². The Balaban J connectivity index is 1.51. The Morgan fingerprint density at radius 2 is 1.97 bits per heavy atom. The minimum Gasteiger partial charge on any atom is -0.464 e. The van der Waals surface area contributed by atoms with Crippen molar-refractivity contribution in [2.24, 2.45) is 0 Å². The lowest BCUT2D eigenvalue weighted by Crippen LogP contribution is -2.17. The van der Waals surface area contributed by atoms with Gasteiger partial charge in [0.2, 0.25) is 5.91 Å². The fourth-order valence-electron chi connectivity index (χ4n) is 3.69. The fourth-order valence-corrected chi connectivity index (χ4v) is 3.82. The van der Waals surface area contributed by atoms with Crippen LogP contribution in [0.5, 0.6) is 0 Å². The lowest BCUT2D eigenvalue weighted by molar-refractivity contribution is -0.116. The van der Waals surface area contributed by atoms with Crippen molar-refractivity contribution in [3.8, 4) is 11.1 Å². The Hall–Kier alpha value is -3.98. The second kappa shape index (κ2) is 7.93. The van der Waals surface area contributed by atoms with E-state index in [0.29, 0.717) is 21.8 Å². The first-order chi connectivity index (χ1) is 15.5. The second-order valence-corrected chi connectivity index (χ2v) is 7.71. The number of rotatable bonds is 5. The molecular formula is C22H16ClN5O4. The number of H-pyrrole nitrogens is 1. The van der Waals surface area contributed by atoms with Gasteiger partial charge in [-0.3, -0.25) is 10.1 Å². The highest BCUT2D eigenvalue weighted by atomic mass is 35.5. The van der Waals surface area contributed by atoms with Crippen molar-refractivity contribution in [1.29, 1.82) is 0 Å². The van der Waals surface area contributed by atoms with Gasteiger partial charge in [0.25, 0.3) is 5.95 Å². The van der Waals surface area contributed by atoms with Crippen LogP contribution in [-0.2, 0) is 11.2 Å². The zero-order chi connectivity index (χ0) is 22.2.